The summed E-state index contributed by atoms with van der Waals surface area (Å²) in [5.74, 6) is 0.773. The fourth-order valence-electron chi connectivity index (χ4n) is 3.78. The zero-order valence-corrected chi connectivity index (χ0v) is 17.5. The number of anilines is 2. The van der Waals surface area contributed by atoms with Crippen LogP contribution in [0.1, 0.15) is 18.9 Å². The van der Waals surface area contributed by atoms with Crippen molar-refractivity contribution in [2.24, 2.45) is 5.92 Å². The number of benzene rings is 2. The van der Waals surface area contributed by atoms with Gasteiger partial charge in [-0.1, -0.05) is 36.4 Å². The van der Waals surface area contributed by atoms with Crippen LogP contribution in [0.2, 0.25) is 0 Å². The predicted molar refractivity (Wildman–Crippen MR) is 120 cm³/mol. The Morgan fingerprint density at radius 1 is 1.06 bits per heavy atom. The molecule has 1 fully saturated rings. The molecule has 6 heteroatoms. The van der Waals surface area contributed by atoms with Gasteiger partial charge < -0.3 is 9.64 Å². The predicted octanol–water partition coefficient (Wildman–Crippen LogP) is 4.07. The van der Waals surface area contributed by atoms with Crippen molar-refractivity contribution in [3.8, 4) is 5.75 Å². The summed E-state index contributed by atoms with van der Waals surface area (Å²) in [7, 11) is 0. The van der Waals surface area contributed by atoms with Gasteiger partial charge in [0, 0.05) is 24.8 Å². The van der Waals surface area contributed by atoms with Crippen molar-refractivity contribution >= 4 is 23.3 Å². The third kappa shape index (κ3) is 4.74. The molecule has 2 heterocycles. The third-order valence-corrected chi connectivity index (χ3v) is 5.31. The van der Waals surface area contributed by atoms with E-state index >= 15 is 0 Å². The van der Waals surface area contributed by atoms with Crippen molar-refractivity contribution in [2.45, 2.75) is 19.9 Å². The molecule has 0 unspecified atom stereocenters. The van der Waals surface area contributed by atoms with E-state index in [1.54, 1.807) is 16.0 Å². The fraction of sp³-hybridized carbons (Fsp3) is 0.240. The minimum Gasteiger partial charge on any atom is -0.494 e. The summed E-state index contributed by atoms with van der Waals surface area (Å²) in [5, 5.41) is 0. The molecule has 2 amide bonds. The molecule has 1 aliphatic rings. The van der Waals surface area contributed by atoms with Crippen LogP contribution in [0.15, 0.2) is 79.0 Å². The van der Waals surface area contributed by atoms with Gasteiger partial charge in [-0.2, -0.15) is 0 Å². The molecular formula is C25H25N3O3. The SMILES string of the molecule is CCOc1ccc(N2C[C@H](C(=O)N(Cc3ccccc3)c3ccccn3)CC2=O)cc1. The smallest absolute Gasteiger partial charge is 0.233 e. The van der Waals surface area contributed by atoms with Gasteiger partial charge in [0.05, 0.1) is 19.1 Å². The maximum absolute atomic E-state index is 13.5. The number of rotatable bonds is 7. The van der Waals surface area contributed by atoms with Crippen LogP contribution < -0.4 is 14.5 Å². The van der Waals surface area contributed by atoms with E-state index in [1.807, 2.05) is 79.7 Å². The lowest BCUT2D eigenvalue weighted by molar-refractivity contribution is -0.124. The van der Waals surface area contributed by atoms with Crippen LogP contribution in [0.4, 0.5) is 11.5 Å². The summed E-state index contributed by atoms with van der Waals surface area (Å²) < 4.78 is 5.48. The molecule has 1 saturated heterocycles. The number of carbonyl (C=O) groups is 2. The van der Waals surface area contributed by atoms with Crippen LogP contribution in [0.25, 0.3) is 0 Å². The second-order valence-corrected chi connectivity index (χ2v) is 7.43. The number of carbonyl (C=O) groups excluding carboxylic acids is 2. The molecule has 6 nitrogen and oxygen atoms in total. The Morgan fingerprint density at radius 2 is 1.81 bits per heavy atom. The Kier molecular flexibility index (Phi) is 6.26. The topological polar surface area (TPSA) is 62.7 Å². The van der Waals surface area contributed by atoms with Crippen molar-refractivity contribution < 1.29 is 14.3 Å². The second kappa shape index (κ2) is 9.43. The lowest BCUT2D eigenvalue weighted by atomic mass is 10.1. The van der Waals surface area contributed by atoms with Gasteiger partial charge in [-0.05, 0) is 48.9 Å². The number of amides is 2. The summed E-state index contributed by atoms with van der Waals surface area (Å²) in [5.41, 5.74) is 1.78. The van der Waals surface area contributed by atoms with Gasteiger partial charge in [0.15, 0.2) is 0 Å². The molecule has 0 bridgehead atoms. The quantitative estimate of drug-likeness (QED) is 0.584. The van der Waals surface area contributed by atoms with E-state index < -0.39 is 5.92 Å². The van der Waals surface area contributed by atoms with Crippen LogP contribution in [0.3, 0.4) is 0 Å². The first-order chi connectivity index (χ1) is 15.2. The van der Waals surface area contributed by atoms with Crippen LogP contribution in [-0.2, 0) is 16.1 Å². The van der Waals surface area contributed by atoms with Crippen LogP contribution in [-0.4, -0.2) is 29.9 Å². The Labute approximate surface area is 182 Å². The second-order valence-electron chi connectivity index (χ2n) is 7.43. The highest BCUT2D eigenvalue weighted by Gasteiger charge is 2.38. The lowest BCUT2D eigenvalue weighted by Crippen LogP contribution is -2.37. The zero-order chi connectivity index (χ0) is 21.6. The van der Waals surface area contributed by atoms with Gasteiger partial charge in [0.25, 0.3) is 0 Å². The van der Waals surface area contributed by atoms with Crippen molar-refractivity contribution in [1.82, 2.24) is 4.98 Å². The van der Waals surface area contributed by atoms with E-state index in [-0.39, 0.29) is 18.2 Å². The molecule has 1 atom stereocenters. The van der Waals surface area contributed by atoms with E-state index in [4.69, 9.17) is 4.74 Å². The highest BCUT2D eigenvalue weighted by Crippen LogP contribution is 2.29. The minimum absolute atomic E-state index is 0.0526. The van der Waals surface area contributed by atoms with E-state index in [0.717, 1.165) is 17.0 Å². The highest BCUT2D eigenvalue weighted by atomic mass is 16.5. The Bertz CT molecular complexity index is 1020. The molecule has 0 radical (unpaired) electrons. The average Bonchev–Trinajstić information content (AvgIpc) is 3.20. The number of hydrogen-bond acceptors (Lipinski definition) is 4. The van der Waals surface area contributed by atoms with Crippen molar-refractivity contribution in [3.63, 3.8) is 0 Å². The van der Waals surface area contributed by atoms with E-state index in [2.05, 4.69) is 4.98 Å². The average molecular weight is 415 g/mol. The van der Waals surface area contributed by atoms with Gasteiger partial charge in [0.1, 0.15) is 11.6 Å². The number of pyridine rings is 1. The molecule has 0 N–H and O–H groups in total. The summed E-state index contributed by atoms with van der Waals surface area (Å²) in [6, 6.07) is 22.7. The fourth-order valence-corrected chi connectivity index (χ4v) is 3.78. The summed E-state index contributed by atoms with van der Waals surface area (Å²) >= 11 is 0. The van der Waals surface area contributed by atoms with Crippen LogP contribution in [0, 0.1) is 5.92 Å². The van der Waals surface area contributed by atoms with Crippen molar-refractivity contribution in [1.29, 1.82) is 0 Å². The van der Waals surface area contributed by atoms with Crippen molar-refractivity contribution in [3.05, 3.63) is 84.6 Å². The number of ether oxygens (including phenoxy) is 1. The van der Waals surface area contributed by atoms with E-state index in [1.165, 1.54) is 0 Å². The summed E-state index contributed by atoms with van der Waals surface area (Å²) in [6.45, 7) is 3.27. The molecule has 0 aliphatic carbocycles. The van der Waals surface area contributed by atoms with Crippen LogP contribution in [0.5, 0.6) is 5.75 Å². The third-order valence-electron chi connectivity index (χ3n) is 5.31. The Hall–Kier alpha value is -3.67. The van der Waals surface area contributed by atoms with Crippen molar-refractivity contribution in [2.75, 3.05) is 23.0 Å². The molecule has 0 saturated carbocycles. The molecule has 1 aromatic heterocycles. The molecule has 4 rings (SSSR count). The molecule has 3 aromatic rings. The molecule has 1 aliphatic heterocycles. The van der Waals surface area contributed by atoms with Gasteiger partial charge in [-0.25, -0.2) is 4.98 Å². The maximum Gasteiger partial charge on any atom is 0.233 e. The van der Waals surface area contributed by atoms with Gasteiger partial charge in [0.2, 0.25) is 11.8 Å². The standard InChI is InChI=1S/C25H25N3O3/c1-2-31-22-13-11-21(12-14-22)27-18-20(16-24(27)29)25(30)28(23-10-6-7-15-26-23)17-19-8-4-3-5-9-19/h3-15,20H,2,16-18H2,1H3/t20-/m1/s1. The molecular weight excluding hydrogens is 390 g/mol. The number of hydrogen-bond donors (Lipinski definition) is 0. The first kappa shape index (κ1) is 20.6. The zero-order valence-electron chi connectivity index (χ0n) is 17.5. The molecule has 2 aromatic carbocycles. The van der Waals surface area contributed by atoms with Gasteiger partial charge in [-0.15, -0.1) is 0 Å². The summed E-state index contributed by atoms with van der Waals surface area (Å²) in [4.78, 5) is 34.0. The molecule has 31 heavy (non-hydrogen) atoms. The first-order valence-corrected chi connectivity index (χ1v) is 10.4. The van der Waals surface area contributed by atoms with E-state index in [0.29, 0.717) is 25.5 Å². The largest absolute Gasteiger partial charge is 0.494 e. The monoisotopic (exact) mass is 415 g/mol. The number of nitrogens with zero attached hydrogens (tertiary/aromatic N) is 3. The van der Waals surface area contributed by atoms with Crippen LogP contribution >= 0.6 is 0 Å². The molecule has 0 spiro atoms. The normalized spacial score (nSPS) is 15.7. The van der Waals surface area contributed by atoms with E-state index in [9.17, 15) is 9.59 Å². The number of aromatic nitrogens is 1. The summed E-state index contributed by atoms with van der Waals surface area (Å²) in [6.07, 6.45) is 1.86. The Balaban J connectivity index is 1.54. The van der Waals surface area contributed by atoms with Gasteiger partial charge in [-0.3, -0.25) is 14.5 Å². The maximum atomic E-state index is 13.5. The minimum atomic E-state index is -0.426. The Morgan fingerprint density at radius 3 is 2.48 bits per heavy atom. The molecule has 158 valence electrons. The first-order valence-electron chi connectivity index (χ1n) is 10.4. The van der Waals surface area contributed by atoms with Gasteiger partial charge >= 0.3 is 0 Å². The highest BCUT2D eigenvalue weighted by molar-refractivity contribution is 6.04. The lowest BCUT2D eigenvalue weighted by Gasteiger charge is -2.25.